The van der Waals surface area contributed by atoms with E-state index >= 15 is 0 Å². The minimum Gasteiger partial charge on any atom is -0.483 e. The molecule has 2 atom stereocenters. The van der Waals surface area contributed by atoms with Crippen LogP contribution in [0.3, 0.4) is 0 Å². The number of nitrogens with zero attached hydrogens (tertiary/aromatic N) is 1. The average molecular weight is 331 g/mol. The van der Waals surface area contributed by atoms with Crippen molar-refractivity contribution >= 4 is 11.6 Å². The lowest BCUT2D eigenvalue weighted by molar-refractivity contribution is -0.123. The maximum atomic E-state index is 12.4. The van der Waals surface area contributed by atoms with Crippen molar-refractivity contribution in [1.82, 2.24) is 5.32 Å². The van der Waals surface area contributed by atoms with Crippen LogP contribution in [0.15, 0.2) is 24.3 Å². The van der Waals surface area contributed by atoms with Crippen LogP contribution in [-0.2, 0) is 9.53 Å². The first-order valence-electron chi connectivity index (χ1n) is 8.19. The van der Waals surface area contributed by atoms with Gasteiger partial charge in [-0.15, -0.1) is 0 Å². The highest BCUT2D eigenvalue weighted by molar-refractivity contribution is 5.85. The summed E-state index contributed by atoms with van der Waals surface area (Å²) in [5, 5.41) is 15.3. The Morgan fingerprint density at radius 2 is 2.04 bits per heavy atom. The Labute approximate surface area is 143 Å². The molecule has 1 amide bonds. The van der Waals surface area contributed by atoms with Crippen molar-refractivity contribution in [1.29, 1.82) is 5.26 Å². The number of nitrogens with one attached hydrogen (secondary N) is 2. The smallest absolute Gasteiger partial charge is 0.243 e. The number of amides is 1. The van der Waals surface area contributed by atoms with Gasteiger partial charge < -0.3 is 20.1 Å². The van der Waals surface area contributed by atoms with Crippen LogP contribution in [-0.4, -0.2) is 36.8 Å². The summed E-state index contributed by atoms with van der Waals surface area (Å²) in [6.07, 6.45) is 0.0555. The monoisotopic (exact) mass is 331 g/mol. The van der Waals surface area contributed by atoms with Crippen molar-refractivity contribution in [3.05, 3.63) is 24.3 Å². The predicted octanol–water partition coefficient (Wildman–Crippen LogP) is 2.32. The summed E-state index contributed by atoms with van der Waals surface area (Å²) in [4.78, 5) is 12.4. The van der Waals surface area contributed by atoms with Crippen LogP contribution < -0.4 is 15.4 Å². The number of rotatable bonds is 7. The number of carbonyl (C=O) groups is 1. The summed E-state index contributed by atoms with van der Waals surface area (Å²) in [5.74, 6) is 0.472. The Kier molecular flexibility index (Phi) is 5.68. The molecule has 1 saturated heterocycles. The molecule has 1 aromatic carbocycles. The van der Waals surface area contributed by atoms with E-state index in [0.29, 0.717) is 19.0 Å². The molecule has 130 valence electrons. The average Bonchev–Trinajstić information content (AvgIpc) is 2.51. The van der Waals surface area contributed by atoms with Crippen LogP contribution in [0.25, 0.3) is 0 Å². The van der Waals surface area contributed by atoms with Gasteiger partial charge >= 0.3 is 0 Å². The van der Waals surface area contributed by atoms with Gasteiger partial charge in [-0.3, -0.25) is 4.79 Å². The number of anilines is 1. The molecule has 1 fully saturated rings. The topological polar surface area (TPSA) is 83.4 Å². The summed E-state index contributed by atoms with van der Waals surface area (Å²) in [6.45, 7) is 8.47. The van der Waals surface area contributed by atoms with Crippen LogP contribution >= 0.6 is 0 Å². The van der Waals surface area contributed by atoms with Crippen LogP contribution in [0.5, 0.6) is 5.75 Å². The summed E-state index contributed by atoms with van der Waals surface area (Å²) >= 11 is 0. The minimum atomic E-state index is -0.897. The standard InChI is InChI=1S/C18H25N3O3/c1-12(2)18(4,11-19)21-17(22)13(3)20-15-7-5-6-8-16(15)24-14-9-23-10-14/h5-8,12-14,20H,9-10H2,1-4H3,(H,21,22). The number of hydrogen-bond acceptors (Lipinski definition) is 5. The first-order chi connectivity index (χ1) is 11.4. The third-order valence-electron chi connectivity index (χ3n) is 4.32. The van der Waals surface area contributed by atoms with E-state index in [9.17, 15) is 10.1 Å². The molecule has 24 heavy (non-hydrogen) atoms. The fourth-order valence-electron chi connectivity index (χ4n) is 2.11. The number of ether oxygens (including phenoxy) is 2. The van der Waals surface area contributed by atoms with E-state index in [-0.39, 0.29) is 17.9 Å². The van der Waals surface area contributed by atoms with E-state index in [4.69, 9.17) is 9.47 Å². The second-order valence-electron chi connectivity index (χ2n) is 6.60. The molecule has 1 heterocycles. The second kappa shape index (κ2) is 7.54. The van der Waals surface area contributed by atoms with E-state index in [2.05, 4.69) is 16.7 Å². The molecule has 2 unspecified atom stereocenters. The highest BCUT2D eigenvalue weighted by Crippen LogP contribution is 2.27. The number of nitriles is 1. The van der Waals surface area contributed by atoms with Crippen LogP contribution in [0, 0.1) is 17.2 Å². The van der Waals surface area contributed by atoms with Gasteiger partial charge in [0.2, 0.25) is 5.91 Å². The Morgan fingerprint density at radius 1 is 1.38 bits per heavy atom. The summed E-state index contributed by atoms with van der Waals surface area (Å²) in [6, 6.07) is 9.17. The summed E-state index contributed by atoms with van der Waals surface area (Å²) in [5.41, 5.74) is -0.151. The van der Waals surface area contributed by atoms with E-state index in [1.165, 1.54) is 0 Å². The Bertz CT molecular complexity index is 622. The molecule has 0 spiro atoms. The quantitative estimate of drug-likeness (QED) is 0.801. The van der Waals surface area contributed by atoms with Gasteiger partial charge in [0, 0.05) is 0 Å². The molecule has 0 aromatic heterocycles. The number of benzene rings is 1. The number of carbonyl (C=O) groups excluding carboxylic acids is 1. The van der Waals surface area contributed by atoms with Crippen molar-refractivity contribution in [2.45, 2.75) is 45.4 Å². The van der Waals surface area contributed by atoms with E-state index in [1.54, 1.807) is 13.8 Å². The van der Waals surface area contributed by atoms with Gasteiger partial charge in [0.05, 0.1) is 25.0 Å². The van der Waals surface area contributed by atoms with Gasteiger partial charge in [-0.2, -0.15) is 5.26 Å². The summed E-state index contributed by atoms with van der Waals surface area (Å²) in [7, 11) is 0. The van der Waals surface area contributed by atoms with Gasteiger partial charge in [0.1, 0.15) is 23.4 Å². The van der Waals surface area contributed by atoms with Gasteiger partial charge in [-0.25, -0.2) is 0 Å². The van der Waals surface area contributed by atoms with Gasteiger partial charge in [-0.1, -0.05) is 26.0 Å². The highest BCUT2D eigenvalue weighted by Gasteiger charge is 2.31. The lowest BCUT2D eigenvalue weighted by atomic mass is 9.90. The maximum absolute atomic E-state index is 12.4. The van der Waals surface area contributed by atoms with Gasteiger partial charge in [0.25, 0.3) is 0 Å². The van der Waals surface area contributed by atoms with Crippen LogP contribution in [0.2, 0.25) is 0 Å². The molecule has 6 nitrogen and oxygen atoms in total. The molecule has 0 radical (unpaired) electrons. The SMILES string of the molecule is CC(Nc1ccccc1OC1COC1)C(=O)NC(C)(C#N)C(C)C. The van der Waals surface area contributed by atoms with Gasteiger partial charge in [-0.05, 0) is 31.9 Å². The van der Waals surface area contributed by atoms with Gasteiger partial charge in [0.15, 0.2) is 0 Å². The van der Waals surface area contributed by atoms with Crippen molar-refractivity contribution < 1.29 is 14.3 Å². The fourth-order valence-corrected chi connectivity index (χ4v) is 2.11. The largest absolute Gasteiger partial charge is 0.483 e. The normalized spacial score (nSPS) is 18.0. The summed E-state index contributed by atoms with van der Waals surface area (Å²) < 4.78 is 11.0. The molecule has 1 aliphatic heterocycles. The zero-order chi connectivity index (χ0) is 17.7. The molecular weight excluding hydrogens is 306 g/mol. The molecule has 2 rings (SSSR count). The Hall–Kier alpha value is -2.26. The predicted molar refractivity (Wildman–Crippen MR) is 91.8 cm³/mol. The number of hydrogen-bond donors (Lipinski definition) is 2. The van der Waals surface area contributed by atoms with Crippen LogP contribution in [0.1, 0.15) is 27.7 Å². The second-order valence-corrected chi connectivity index (χ2v) is 6.60. The van der Waals surface area contributed by atoms with Crippen molar-refractivity contribution in [3.63, 3.8) is 0 Å². The highest BCUT2D eigenvalue weighted by atomic mass is 16.6. The van der Waals surface area contributed by atoms with Crippen molar-refractivity contribution in [3.8, 4) is 11.8 Å². The Balaban J connectivity index is 2.02. The molecule has 6 heteroatoms. The molecular formula is C18H25N3O3. The fraction of sp³-hybridized carbons (Fsp3) is 0.556. The molecule has 0 bridgehead atoms. The van der Waals surface area contributed by atoms with Crippen molar-refractivity contribution in [2.75, 3.05) is 18.5 Å². The third kappa shape index (κ3) is 4.18. The first-order valence-corrected chi connectivity index (χ1v) is 8.19. The van der Waals surface area contributed by atoms with E-state index in [0.717, 1.165) is 5.69 Å². The molecule has 1 aliphatic rings. The minimum absolute atomic E-state index is 0.00730. The zero-order valence-corrected chi connectivity index (χ0v) is 14.6. The van der Waals surface area contributed by atoms with Crippen molar-refractivity contribution in [2.24, 2.45) is 5.92 Å². The lowest BCUT2D eigenvalue weighted by Crippen LogP contribution is -2.53. The number of para-hydroxylation sites is 2. The molecule has 2 N–H and O–H groups in total. The third-order valence-corrected chi connectivity index (χ3v) is 4.32. The molecule has 1 aromatic rings. The maximum Gasteiger partial charge on any atom is 0.243 e. The Morgan fingerprint density at radius 3 is 2.58 bits per heavy atom. The van der Waals surface area contributed by atoms with Crippen LogP contribution in [0.4, 0.5) is 5.69 Å². The molecule has 0 saturated carbocycles. The molecule has 0 aliphatic carbocycles. The van der Waals surface area contributed by atoms with E-state index < -0.39 is 11.6 Å². The lowest BCUT2D eigenvalue weighted by Gasteiger charge is -2.30. The first kappa shape index (κ1) is 18.1. The van der Waals surface area contributed by atoms with E-state index in [1.807, 2.05) is 38.1 Å². The zero-order valence-electron chi connectivity index (χ0n) is 14.6.